The highest BCUT2D eigenvalue weighted by molar-refractivity contribution is 5.89. The first kappa shape index (κ1) is 13.8. The van der Waals surface area contributed by atoms with Crippen LogP contribution in [-0.2, 0) is 13.6 Å². The molecule has 0 aliphatic heterocycles. The van der Waals surface area contributed by atoms with Crippen LogP contribution in [0.2, 0.25) is 0 Å². The van der Waals surface area contributed by atoms with E-state index in [0.717, 1.165) is 30.9 Å². The molecule has 0 unspecified atom stereocenters. The molecule has 96 valence electrons. The summed E-state index contributed by atoms with van der Waals surface area (Å²) < 4.78 is 1.94. The van der Waals surface area contributed by atoms with Crippen molar-refractivity contribution >= 4 is 5.97 Å². The maximum Gasteiger partial charge on any atom is 0.337 e. The molecule has 0 aliphatic carbocycles. The van der Waals surface area contributed by atoms with Gasteiger partial charge in [-0.15, -0.1) is 0 Å². The molecule has 1 aromatic heterocycles. The van der Waals surface area contributed by atoms with Crippen LogP contribution in [0.4, 0.5) is 0 Å². The summed E-state index contributed by atoms with van der Waals surface area (Å²) in [5, 5.41) is 12.4. The summed E-state index contributed by atoms with van der Waals surface area (Å²) in [6.07, 6.45) is 1.13. The predicted octanol–water partition coefficient (Wildman–Crippen LogP) is 2.17. The Bertz CT molecular complexity index is 394. The number of rotatable bonds is 6. The van der Waals surface area contributed by atoms with Crippen LogP contribution in [0.5, 0.6) is 0 Å². The molecule has 4 nitrogen and oxygen atoms in total. The molecule has 0 amide bonds. The number of hydrogen-bond donors (Lipinski definition) is 2. The van der Waals surface area contributed by atoms with Crippen LogP contribution in [0.15, 0.2) is 6.07 Å². The second-order valence-electron chi connectivity index (χ2n) is 4.86. The van der Waals surface area contributed by atoms with E-state index in [-0.39, 0.29) is 0 Å². The van der Waals surface area contributed by atoms with E-state index in [4.69, 9.17) is 5.11 Å². The van der Waals surface area contributed by atoms with Crippen LogP contribution >= 0.6 is 0 Å². The van der Waals surface area contributed by atoms with Gasteiger partial charge in [0.05, 0.1) is 5.56 Å². The van der Waals surface area contributed by atoms with E-state index < -0.39 is 5.97 Å². The Labute approximate surface area is 103 Å². The van der Waals surface area contributed by atoms with E-state index in [9.17, 15) is 4.79 Å². The maximum atomic E-state index is 11.0. The Kier molecular flexibility index (Phi) is 4.75. The van der Waals surface area contributed by atoms with Gasteiger partial charge in [-0.3, -0.25) is 0 Å². The maximum absolute atomic E-state index is 11.0. The van der Waals surface area contributed by atoms with E-state index in [1.54, 1.807) is 6.07 Å². The van der Waals surface area contributed by atoms with Crippen molar-refractivity contribution in [2.75, 3.05) is 6.54 Å². The third-order valence-electron chi connectivity index (χ3n) is 3.07. The number of hydrogen-bond acceptors (Lipinski definition) is 2. The number of carboxylic acid groups (broad SMARTS) is 1. The quantitative estimate of drug-likeness (QED) is 0.747. The number of nitrogens with one attached hydrogen (secondary N) is 1. The predicted molar refractivity (Wildman–Crippen MR) is 68.3 cm³/mol. The standard InChI is InChI=1S/C13H22N2O2/c1-9(2)5-6-14-8-11-7-12(13(16)17)10(3)15(11)4/h7,9,14H,5-6,8H2,1-4H3,(H,16,17). The summed E-state index contributed by atoms with van der Waals surface area (Å²) in [7, 11) is 1.90. The molecule has 0 fully saturated rings. The van der Waals surface area contributed by atoms with Gasteiger partial charge in [-0.25, -0.2) is 4.79 Å². The highest BCUT2D eigenvalue weighted by atomic mass is 16.4. The molecule has 0 radical (unpaired) electrons. The van der Waals surface area contributed by atoms with Crippen molar-refractivity contribution in [3.8, 4) is 0 Å². The van der Waals surface area contributed by atoms with Crippen molar-refractivity contribution in [3.05, 3.63) is 23.0 Å². The number of aromatic nitrogens is 1. The average molecular weight is 238 g/mol. The van der Waals surface area contributed by atoms with Crippen molar-refractivity contribution in [2.24, 2.45) is 13.0 Å². The van der Waals surface area contributed by atoms with E-state index in [1.165, 1.54) is 0 Å². The van der Waals surface area contributed by atoms with Crippen LogP contribution in [0.25, 0.3) is 0 Å². The van der Waals surface area contributed by atoms with Gasteiger partial charge in [0.15, 0.2) is 0 Å². The topological polar surface area (TPSA) is 54.3 Å². The zero-order chi connectivity index (χ0) is 13.0. The molecule has 0 saturated heterocycles. The second kappa shape index (κ2) is 5.87. The lowest BCUT2D eigenvalue weighted by molar-refractivity contribution is 0.0696. The third kappa shape index (κ3) is 3.60. The molecule has 0 bridgehead atoms. The molecule has 2 N–H and O–H groups in total. The monoisotopic (exact) mass is 238 g/mol. The number of carboxylic acids is 1. The van der Waals surface area contributed by atoms with Gasteiger partial charge in [0, 0.05) is 25.0 Å². The molecule has 0 spiro atoms. The zero-order valence-corrected chi connectivity index (χ0v) is 11.1. The van der Waals surface area contributed by atoms with Gasteiger partial charge in [0.2, 0.25) is 0 Å². The molecular weight excluding hydrogens is 216 g/mol. The van der Waals surface area contributed by atoms with Crippen molar-refractivity contribution in [2.45, 2.75) is 33.7 Å². The summed E-state index contributed by atoms with van der Waals surface area (Å²) in [4.78, 5) is 11.0. The van der Waals surface area contributed by atoms with Gasteiger partial charge in [0.1, 0.15) is 0 Å². The van der Waals surface area contributed by atoms with Crippen LogP contribution in [0.1, 0.15) is 42.0 Å². The van der Waals surface area contributed by atoms with Gasteiger partial charge < -0.3 is 15.0 Å². The first-order valence-corrected chi connectivity index (χ1v) is 6.02. The van der Waals surface area contributed by atoms with E-state index in [1.807, 2.05) is 18.5 Å². The van der Waals surface area contributed by atoms with Crippen LogP contribution in [0.3, 0.4) is 0 Å². The summed E-state index contributed by atoms with van der Waals surface area (Å²) in [5.74, 6) is -0.168. The largest absolute Gasteiger partial charge is 0.478 e. The minimum Gasteiger partial charge on any atom is -0.478 e. The molecular formula is C13H22N2O2. The molecule has 4 heteroatoms. The van der Waals surface area contributed by atoms with Crippen LogP contribution in [-0.4, -0.2) is 22.2 Å². The SMILES string of the molecule is Cc1c(C(=O)O)cc(CNCCC(C)C)n1C. The zero-order valence-electron chi connectivity index (χ0n) is 11.1. The smallest absolute Gasteiger partial charge is 0.337 e. The lowest BCUT2D eigenvalue weighted by atomic mass is 10.1. The second-order valence-corrected chi connectivity index (χ2v) is 4.86. The van der Waals surface area contributed by atoms with Crippen LogP contribution in [0, 0.1) is 12.8 Å². The Balaban J connectivity index is 2.60. The molecule has 0 atom stereocenters. The minimum atomic E-state index is -0.855. The molecule has 0 aliphatic rings. The number of aromatic carboxylic acids is 1. The number of carbonyl (C=O) groups is 1. The Morgan fingerprint density at radius 1 is 1.53 bits per heavy atom. The first-order chi connectivity index (χ1) is 7.93. The van der Waals surface area contributed by atoms with Gasteiger partial charge in [0.25, 0.3) is 0 Å². The van der Waals surface area contributed by atoms with Gasteiger partial charge in [-0.2, -0.15) is 0 Å². The van der Waals surface area contributed by atoms with Crippen molar-refractivity contribution in [3.63, 3.8) is 0 Å². The fourth-order valence-corrected chi connectivity index (χ4v) is 1.76. The molecule has 1 aromatic rings. The number of nitrogens with zero attached hydrogens (tertiary/aromatic N) is 1. The molecule has 1 rings (SSSR count). The molecule has 0 aromatic carbocycles. The van der Waals surface area contributed by atoms with Gasteiger partial charge >= 0.3 is 5.97 Å². The van der Waals surface area contributed by atoms with Gasteiger partial charge in [-0.05, 0) is 31.9 Å². The van der Waals surface area contributed by atoms with Crippen molar-refractivity contribution < 1.29 is 9.90 Å². The summed E-state index contributed by atoms with van der Waals surface area (Å²) in [5.41, 5.74) is 2.22. The van der Waals surface area contributed by atoms with Crippen molar-refractivity contribution in [1.82, 2.24) is 9.88 Å². The van der Waals surface area contributed by atoms with E-state index in [2.05, 4.69) is 19.2 Å². The Morgan fingerprint density at radius 3 is 2.65 bits per heavy atom. The summed E-state index contributed by atoms with van der Waals surface area (Å²) >= 11 is 0. The Hall–Kier alpha value is -1.29. The fraction of sp³-hybridized carbons (Fsp3) is 0.615. The Morgan fingerprint density at radius 2 is 2.18 bits per heavy atom. The fourth-order valence-electron chi connectivity index (χ4n) is 1.76. The third-order valence-corrected chi connectivity index (χ3v) is 3.07. The van der Waals surface area contributed by atoms with Crippen LogP contribution < -0.4 is 5.32 Å². The van der Waals surface area contributed by atoms with E-state index in [0.29, 0.717) is 11.5 Å². The normalized spacial score (nSPS) is 11.1. The highest BCUT2D eigenvalue weighted by Gasteiger charge is 2.13. The summed E-state index contributed by atoms with van der Waals surface area (Å²) in [6, 6.07) is 1.75. The molecule has 0 saturated carbocycles. The van der Waals surface area contributed by atoms with Crippen molar-refractivity contribution in [1.29, 1.82) is 0 Å². The van der Waals surface area contributed by atoms with E-state index >= 15 is 0 Å². The minimum absolute atomic E-state index is 0.396. The first-order valence-electron chi connectivity index (χ1n) is 6.02. The highest BCUT2D eigenvalue weighted by Crippen LogP contribution is 2.13. The molecule has 17 heavy (non-hydrogen) atoms. The lowest BCUT2D eigenvalue weighted by Crippen LogP contribution is -2.18. The lowest BCUT2D eigenvalue weighted by Gasteiger charge is -2.08. The van der Waals surface area contributed by atoms with Gasteiger partial charge in [-0.1, -0.05) is 13.8 Å². The average Bonchev–Trinajstić information content (AvgIpc) is 2.52. The summed E-state index contributed by atoms with van der Waals surface area (Å²) in [6.45, 7) is 7.90. The molecule has 1 heterocycles.